The van der Waals surface area contributed by atoms with Gasteiger partial charge in [0.15, 0.2) is 0 Å². The van der Waals surface area contributed by atoms with Crippen molar-refractivity contribution in [1.29, 1.82) is 0 Å². The molecule has 0 aliphatic rings. The quantitative estimate of drug-likeness (QED) is 0.714. The maximum Gasteiger partial charge on any atom is 0.295 e. The normalized spacial score (nSPS) is 10.6. The molecule has 1 amide bonds. The third kappa shape index (κ3) is 3.23. The van der Waals surface area contributed by atoms with Crippen molar-refractivity contribution in [3.05, 3.63) is 64.7 Å². The third-order valence-corrected chi connectivity index (χ3v) is 3.70. The van der Waals surface area contributed by atoms with Gasteiger partial charge in [-0.2, -0.15) is 0 Å². The molecule has 3 aromatic rings. The summed E-state index contributed by atoms with van der Waals surface area (Å²) in [5.41, 5.74) is 1.96. The smallest absolute Gasteiger partial charge is 0.295 e. The Hall–Kier alpha value is -2.86. The minimum atomic E-state index is -0.495. The van der Waals surface area contributed by atoms with Gasteiger partial charge in [0.1, 0.15) is 11.6 Å². The van der Waals surface area contributed by atoms with Crippen LogP contribution in [0.5, 0.6) is 5.75 Å². The molecule has 0 aliphatic heterocycles. The van der Waals surface area contributed by atoms with Crippen molar-refractivity contribution in [2.75, 3.05) is 5.32 Å². The Bertz CT molecular complexity index is 903. The zero-order chi connectivity index (χ0) is 17.3. The number of aromatic hydroxyl groups is 1. The van der Waals surface area contributed by atoms with Gasteiger partial charge in [0, 0.05) is 5.02 Å². The fourth-order valence-electron chi connectivity index (χ4n) is 2.24. The van der Waals surface area contributed by atoms with Crippen molar-refractivity contribution in [1.82, 2.24) is 14.8 Å². The van der Waals surface area contributed by atoms with Crippen molar-refractivity contribution in [2.24, 2.45) is 0 Å². The largest absolute Gasteiger partial charge is 0.506 e. The lowest BCUT2D eigenvalue weighted by Crippen LogP contribution is -2.14. The summed E-state index contributed by atoms with van der Waals surface area (Å²) in [4.78, 5) is 16.5. The number of aromatic nitrogens is 3. The highest BCUT2D eigenvalue weighted by molar-refractivity contribution is 6.30. The molecule has 1 aromatic heterocycles. The van der Waals surface area contributed by atoms with E-state index in [1.165, 1.54) is 0 Å². The van der Waals surface area contributed by atoms with Crippen LogP contribution in [-0.2, 0) is 0 Å². The van der Waals surface area contributed by atoms with Crippen LogP contribution in [0.1, 0.15) is 22.0 Å². The zero-order valence-electron chi connectivity index (χ0n) is 13.1. The molecule has 2 aromatic carbocycles. The highest BCUT2D eigenvalue weighted by atomic mass is 35.5. The van der Waals surface area contributed by atoms with Gasteiger partial charge in [-0.3, -0.25) is 4.79 Å². The number of rotatable bonds is 3. The molecule has 122 valence electrons. The number of phenols is 1. The minimum Gasteiger partial charge on any atom is -0.506 e. The molecule has 0 saturated carbocycles. The van der Waals surface area contributed by atoms with E-state index >= 15 is 0 Å². The number of benzene rings is 2. The monoisotopic (exact) mass is 342 g/mol. The first-order valence-corrected chi connectivity index (χ1v) is 7.62. The van der Waals surface area contributed by atoms with Crippen LogP contribution in [0.4, 0.5) is 5.69 Å². The number of carbonyl (C=O) groups is 1. The van der Waals surface area contributed by atoms with Gasteiger partial charge < -0.3 is 10.4 Å². The second-order valence-corrected chi connectivity index (χ2v) is 5.78. The topological polar surface area (TPSA) is 80.0 Å². The summed E-state index contributed by atoms with van der Waals surface area (Å²) in [6, 6.07) is 12.0. The maximum absolute atomic E-state index is 12.3. The molecule has 0 fully saturated rings. The van der Waals surface area contributed by atoms with Crippen LogP contribution in [0.15, 0.2) is 42.5 Å². The Kier molecular flexibility index (Phi) is 4.22. The molecule has 0 atom stereocenters. The molecule has 0 spiro atoms. The molecular formula is C17H15ClN4O2. The number of phenolic OH excluding ortho intramolecular Hbond substituents is 1. The van der Waals surface area contributed by atoms with Gasteiger partial charge in [-0.1, -0.05) is 17.7 Å². The van der Waals surface area contributed by atoms with Crippen LogP contribution >= 0.6 is 11.6 Å². The predicted octanol–water partition coefficient (Wildman–Crippen LogP) is 3.50. The molecule has 7 heteroatoms. The number of nitrogens with zero attached hydrogens (tertiary/aromatic N) is 3. The first-order chi connectivity index (χ1) is 11.4. The Morgan fingerprint density at radius 2 is 1.88 bits per heavy atom. The van der Waals surface area contributed by atoms with Gasteiger partial charge in [0.2, 0.25) is 5.82 Å². The van der Waals surface area contributed by atoms with Gasteiger partial charge in [0.25, 0.3) is 5.91 Å². The van der Waals surface area contributed by atoms with E-state index in [1.807, 2.05) is 6.92 Å². The van der Waals surface area contributed by atoms with Gasteiger partial charge in [-0.05, 0) is 55.8 Å². The summed E-state index contributed by atoms with van der Waals surface area (Å²) in [5.74, 6) is 0.0835. The number of hydrogen-bond donors (Lipinski definition) is 2. The minimum absolute atomic E-state index is 0.00259. The summed E-state index contributed by atoms with van der Waals surface area (Å²) in [6.07, 6.45) is 0. The summed E-state index contributed by atoms with van der Waals surface area (Å²) in [7, 11) is 0. The lowest BCUT2D eigenvalue weighted by Gasteiger charge is -2.06. The number of aryl methyl sites for hydroxylation is 2. The first-order valence-electron chi connectivity index (χ1n) is 7.24. The van der Waals surface area contributed by atoms with Crippen LogP contribution in [-0.4, -0.2) is 25.8 Å². The zero-order valence-corrected chi connectivity index (χ0v) is 13.9. The molecule has 3 rings (SSSR count). The number of amides is 1. The summed E-state index contributed by atoms with van der Waals surface area (Å²) in [5, 5.41) is 17.3. The van der Waals surface area contributed by atoms with Crippen LogP contribution in [0.3, 0.4) is 0 Å². The van der Waals surface area contributed by atoms with E-state index in [-0.39, 0.29) is 11.6 Å². The van der Waals surface area contributed by atoms with Crippen molar-refractivity contribution in [2.45, 2.75) is 13.8 Å². The van der Waals surface area contributed by atoms with Gasteiger partial charge in [-0.25, -0.2) is 9.67 Å². The van der Waals surface area contributed by atoms with E-state index in [9.17, 15) is 9.90 Å². The number of carbonyl (C=O) groups excluding carboxylic acids is 1. The van der Waals surface area contributed by atoms with Gasteiger partial charge in [0.05, 0.1) is 11.4 Å². The van der Waals surface area contributed by atoms with Crippen molar-refractivity contribution in [3.63, 3.8) is 0 Å². The van der Waals surface area contributed by atoms with Crippen LogP contribution < -0.4 is 5.32 Å². The van der Waals surface area contributed by atoms with Crippen molar-refractivity contribution < 1.29 is 9.90 Å². The summed E-state index contributed by atoms with van der Waals surface area (Å²) in [6.45, 7) is 3.60. The van der Waals surface area contributed by atoms with Crippen LogP contribution in [0.2, 0.25) is 5.02 Å². The fourth-order valence-corrected chi connectivity index (χ4v) is 2.36. The lowest BCUT2D eigenvalue weighted by molar-refractivity contribution is 0.101. The van der Waals surface area contributed by atoms with Crippen LogP contribution in [0.25, 0.3) is 5.69 Å². The van der Waals surface area contributed by atoms with Gasteiger partial charge >= 0.3 is 0 Å². The van der Waals surface area contributed by atoms with E-state index in [2.05, 4.69) is 15.4 Å². The Balaban J connectivity index is 1.86. The van der Waals surface area contributed by atoms with Crippen molar-refractivity contribution >= 4 is 23.2 Å². The molecular weight excluding hydrogens is 328 g/mol. The molecule has 0 unspecified atom stereocenters. The van der Waals surface area contributed by atoms with E-state index in [4.69, 9.17) is 11.6 Å². The standard InChI is InChI=1S/C17H15ClN4O2/c1-10-3-8-14(15(23)9-10)20-17(24)16-19-11(2)22(21-16)13-6-4-12(18)5-7-13/h3-9,23H,1-2H3,(H,20,24). The molecule has 1 heterocycles. The fraction of sp³-hybridized carbons (Fsp3) is 0.118. The predicted molar refractivity (Wildman–Crippen MR) is 91.9 cm³/mol. The van der Waals surface area contributed by atoms with E-state index in [1.54, 1.807) is 54.1 Å². The Morgan fingerprint density at radius 3 is 2.54 bits per heavy atom. The second-order valence-electron chi connectivity index (χ2n) is 5.35. The number of anilines is 1. The number of halogens is 1. The second kappa shape index (κ2) is 6.33. The number of hydrogen-bond acceptors (Lipinski definition) is 4. The van der Waals surface area contributed by atoms with E-state index in [0.29, 0.717) is 16.5 Å². The van der Waals surface area contributed by atoms with E-state index < -0.39 is 5.91 Å². The number of nitrogens with one attached hydrogen (secondary N) is 1. The molecule has 24 heavy (non-hydrogen) atoms. The van der Waals surface area contributed by atoms with Crippen LogP contribution in [0, 0.1) is 13.8 Å². The van der Waals surface area contributed by atoms with Gasteiger partial charge in [-0.15, -0.1) is 5.10 Å². The highest BCUT2D eigenvalue weighted by Gasteiger charge is 2.16. The summed E-state index contributed by atoms with van der Waals surface area (Å²) >= 11 is 5.88. The molecule has 2 N–H and O–H groups in total. The SMILES string of the molecule is Cc1ccc(NC(=O)c2nc(C)n(-c3ccc(Cl)cc3)n2)c(O)c1. The Labute approximate surface area is 143 Å². The summed E-state index contributed by atoms with van der Waals surface area (Å²) < 4.78 is 1.56. The third-order valence-electron chi connectivity index (χ3n) is 3.44. The average Bonchev–Trinajstić information content (AvgIpc) is 2.93. The Morgan fingerprint density at radius 1 is 1.17 bits per heavy atom. The lowest BCUT2D eigenvalue weighted by atomic mass is 10.2. The molecule has 6 nitrogen and oxygen atoms in total. The molecule has 0 aliphatic carbocycles. The molecule has 0 saturated heterocycles. The average molecular weight is 343 g/mol. The first kappa shape index (κ1) is 16.0. The van der Waals surface area contributed by atoms with Crippen molar-refractivity contribution in [3.8, 4) is 11.4 Å². The maximum atomic E-state index is 12.3. The van der Waals surface area contributed by atoms with E-state index in [0.717, 1.165) is 11.3 Å². The molecule has 0 bridgehead atoms. The molecule has 0 radical (unpaired) electrons. The highest BCUT2D eigenvalue weighted by Crippen LogP contribution is 2.24.